The highest BCUT2D eigenvalue weighted by Gasteiger charge is 2.19. The Kier molecular flexibility index (Phi) is 5.46. The first-order valence-corrected chi connectivity index (χ1v) is 8.78. The van der Waals surface area contributed by atoms with Crippen molar-refractivity contribution in [3.63, 3.8) is 0 Å². The molecule has 0 saturated carbocycles. The molecule has 3 rings (SSSR count). The summed E-state index contributed by atoms with van der Waals surface area (Å²) < 4.78 is 12.1. The smallest absolute Gasteiger partial charge is 0.361 e. The number of ether oxygens (including phenoxy) is 2. The highest BCUT2D eigenvalue weighted by atomic mass is 35.5. The van der Waals surface area contributed by atoms with Crippen molar-refractivity contribution >= 4 is 17.6 Å². The molecule has 2 aromatic carbocycles. The molecule has 1 aromatic heterocycles. The number of aromatic nitrogens is 3. The van der Waals surface area contributed by atoms with Crippen molar-refractivity contribution in [2.75, 3.05) is 7.11 Å². The number of aryl methyl sites for hydroxylation is 2. The molecule has 6 nitrogen and oxygen atoms in total. The van der Waals surface area contributed by atoms with Crippen molar-refractivity contribution < 1.29 is 14.3 Å². The van der Waals surface area contributed by atoms with E-state index < -0.39 is 5.97 Å². The molecule has 3 aromatic rings. The number of methoxy groups -OCH3 is 1. The summed E-state index contributed by atoms with van der Waals surface area (Å²) in [5.41, 5.74) is 4.58. The minimum atomic E-state index is -0.515. The van der Waals surface area contributed by atoms with E-state index in [1.807, 2.05) is 32.0 Å². The van der Waals surface area contributed by atoms with Crippen LogP contribution in [0.2, 0.25) is 5.02 Å². The summed E-state index contributed by atoms with van der Waals surface area (Å²) in [6, 6.07) is 11.3. The molecule has 0 bridgehead atoms. The highest BCUT2D eigenvalue weighted by Crippen LogP contribution is 2.27. The average Bonchev–Trinajstić information content (AvgIpc) is 3.03. The van der Waals surface area contributed by atoms with Gasteiger partial charge in [-0.3, -0.25) is 0 Å². The lowest BCUT2D eigenvalue weighted by molar-refractivity contribution is 0.0464. The summed E-state index contributed by atoms with van der Waals surface area (Å²) in [7, 11) is 1.55. The SMILES string of the molecule is COc1ccc(-n2nnc(C(=O)OCc3cc(C)ccc3C)c2C)cc1Cl. The Labute approximate surface area is 162 Å². The van der Waals surface area contributed by atoms with Crippen LogP contribution in [0.25, 0.3) is 5.69 Å². The second-order valence-corrected chi connectivity index (χ2v) is 6.67. The second kappa shape index (κ2) is 7.80. The molecule has 140 valence electrons. The number of benzene rings is 2. The quantitative estimate of drug-likeness (QED) is 0.615. The number of hydrogen-bond acceptors (Lipinski definition) is 5. The fraction of sp³-hybridized carbons (Fsp3) is 0.250. The van der Waals surface area contributed by atoms with Crippen molar-refractivity contribution in [1.29, 1.82) is 0 Å². The van der Waals surface area contributed by atoms with Crippen LogP contribution in [0, 0.1) is 20.8 Å². The van der Waals surface area contributed by atoms with Gasteiger partial charge in [0, 0.05) is 0 Å². The van der Waals surface area contributed by atoms with Crippen molar-refractivity contribution in [3.05, 3.63) is 69.5 Å². The van der Waals surface area contributed by atoms with Gasteiger partial charge < -0.3 is 9.47 Å². The molecule has 0 aliphatic carbocycles. The number of esters is 1. The van der Waals surface area contributed by atoms with Crippen LogP contribution in [0.4, 0.5) is 0 Å². The maximum atomic E-state index is 12.5. The topological polar surface area (TPSA) is 66.2 Å². The molecule has 0 amide bonds. The fourth-order valence-corrected chi connectivity index (χ4v) is 2.97. The first kappa shape index (κ1) is 18.9. The van der Waals surface area contributed by atoms with E-state index in [0.29, 0.717) is 22.2 Å². The molecule has 7 heteroatoms. The fourth-order valence-electron chi connectivity index (χ4n) is 2.72. The van der Waals surface area contributed by atoms with Crippen molar-refractivity contribution in [2.24, 2.45) is 0 Å². The van der Waals surface area contributed by atoms with E-state index in [4.69, 9.17) is 21.1 Å². The summed E-state index contributed by atoms with van der Waals surface area (Å²) in [6.45, 7) is 5.93. The Bertz CT molecular complexity index is 998. The third-order valence-electron chi connectivity index (χ3n) is 4.33. The van der Waals surface area contributed by atoms with Crippen LogP contribution in [-0.2, 0) is 11.3 Å². The summed E-state index contributed by atoms with van der Waals surface area (Å²) in [6.07, 6.45) is 0. The predicted octanol–water partition coefficient (Wildman–Crippen LogP) is 4.21. The summed E-state index contributed by atoms with van der Waals surface area (Å²) in [5.74, 6) is 0.0469. The van der Waals surface area contributed by atoms with E-state index in [-0.39, 0.29) is 12.3 Å². The maximum Gasteiger partial charge on any atom is 0.361 e. The normalized spacial score (nSPS) is 10.7. The van der Waals surface area contributed by atoms with Crippen LogP contribution in [0.3, 0.4) is 0 Å². The number of halogens is 1. The zero-order valence-corrected chi connectivity index (χ0v) is 16.4. The monoisotopic (exact) mass is 385 g/mol. The lowest BCUT2D eigenvalue weighted by Crippen LogP contribution is -2.09. The molecule has 0 spiro atoms. The van der Waals surface area contributed by atoms with Crippen LogP contribution >= 0.6 is 11.6 Å². The van der Waals surface area contributed by atoms with Gasteiger partial charge in [-0.15, -0.1) is 5.10 Å². The van der Waals surface area contributed by atoms with Crippen LogP contribution in [-0.4, -0.2) is 28.1 Å². The number of carbonyl (C=O) groups excluding carboxylic acids is 1. The third kappa shape index (κ3) is 3.95. The standard InChI is InChI=1S/C20H20ClN3O3/c1-12-5-6-13(2)15(9-12)11-27-20(25)19-14(3)24(23-22-19)16-7-8-18(26-4)17(21)10-16/h5-10H,11H2,1-4H3. The molecule has 0 unspecified atom stereocenters. The van der Waals surface area contributed by atoms with Crippen LogP contribution in [0.15, 0.2) is 36.4 Å². The molecule has 0 saturated heterocycles. The first-order chi connectivity index (χ1) is 12.9. The second-order valence-electron chi connectivity index (χ2n) is 6.26. The van der Waals surface area contributed by atoms with Gasteiger partial charge in [0.1, 0.15) is 12.4 Å². The van der Waals surface area contributed by atoms with E-state index >= 15 is 0 Å². The number of carbonyl (C=O) groups is 1. The maximum absolute atomic E-state index is 12.5. The van der Waals surface area contributed by atoms with Crippen molar-refractivity contribution in [1.82, 2.24) is 15.0 Å². The third-order valence-corrected chi connectivity index (χ3v) is 4.63. The minimum Gasteiger partial charge on any atom is -0.495 e. The van der Waals surface area contributed by atoms with Crippen LogP contribution < -0.4 is 4.74 Å². The summed E-state index contributed by atoms with van der Waals surface area (Å²) in [5, 5.41) is 8.49. The first-order valence-electron chi connectivity index (χ1n) is 8.40. The zero-order valence-electron chi connectivity index (χ0n) is 15.6. The molecule has 0 aliphatic rings. The number of hydrogen-bond donors (Lipinski definition) is 0. The lowest BCUT2D eigenvalue weighted by atomic mass is 10.1. The van der Waals surface area contributed by atoms with Gasteiger partial charge in [-0.1, -0.05) is 40.6 Å². The Morgan fingerprint density at radius 1 is 1.15 bits per heavy atom. The van der Waals surface area contributed by atoms with E-state index in [0.717, 1.165) is 16.7 Å². The Hall–Kier alpha value is -2.86. The van der Waals surface area contributed by atoms with E-state index in [2.05, 4.69) is 10.3 Å². The zero-order chi connectivity index (χ0) is 19.6. The summed E-state index contributed by atoms with van der Waals surface area (Å²) in [4.78, 5) is 12.5. The van der Waals surface area contributed by atoms with Gasteiger partial charge in [-0.2, -0.15) is 0 Å². The lowest BCUT2D eigenvalue weighted by Gasteiger charge is -2.09. The van der Waals surface area contributed by atoms with Gasteiger partial charge in [0.05, 0.1) is 23.5 Å². The van der Waals surface area contributed by atoms with E-state index in [9.17, 15) is 4.79 Å². The van der Waals surface area contributed by atoms with Gasteiger partial charge in [-0.05, 0) is 50.1 Å². The van der Waals surface area contributed by atoms with Gasteiger partial charge >= 0.3 is 5.97 Å². The molecule has 0 N–H and O–H groups in total. The minimum absolute atomic E-state index is 0.173. The van der Waals surface area contributed by atoms with Gasteiger partial charge in [0.25, 0.3) is 0 Å². The van der Waals surface area contributed by atoms with Crippen LogP contribution in [0.1, 0.15) is 32.9 Å². The number of rotatable bonds is 5. The molecule has 27 heavy (non-hydrogen) atoms. The predicted molar refractivity (Wildman–Crippen MR) is 103 cm³/mol. The number of nitrogens with zero attached hydrogens (tertiary/aromatic N) is 3. The molecule has 0 radical (unpaired) electrons. The molecule has 0 fully saturated rings. The van der Waals surface area contributed by atoms with Crippen LogP contribution in [0.5, 0.6) is 5.75 Å². The van der Waals surface area contributed by atoms with Crippen molar-refractivity contribution in [3.8, 4) is 11.4 Å². The van der Waals surface area contributed by atoms with Gasteiger partial charge in [-0.25, -0.2) is 9.48 Å². The van der Waals surface area contributed by atoms with Gasteiger partial charge in [0.15, 0.2) is 5.69 Å². The molecule has 0 atom stereocenters. The Balaban J connectivity index is 1.79. The molecule has 0 aliphatic heterocycles. The van der Waals surface area contributed by atoms with Crippen molar-refractivity contribution in [2.45, 2.75) is 27.4 Å². The van der Waals surface area contributed by atoms with E-state index in [1.54, 1.807) is 36.9 Å². The average molecular weight is 386 g/mol. The molecule has 1 heterocycles. The molecular formula is C20H20ClN3O3. The summed E-state index contributed by atoms with van der Waals surface area (Å²) >= 11 is 6.17. The molecular weight excluding hydrogens is 366 g/mol. The van der Waals surface area contributed by atoms with Gasteiger partial charge in [0.2, 0.25) is 0 Å². The Morgan fingerprint density at radius 3 is 2.63 bits per heavy atom. The largest absolute Gasteiger partial charge is 0.495 e. The highest BCUT2D eigenvalue weighted by molar-refractivity contribution is 6.32. The van der Waals surface area contributed by atoms with E-state index in [1.165, 1.54) is 0 Å². The Morgan fingerprint density at radius 2 is 1.93 bits per heavy atom.